The van der Waals surface area contributed by atoms with Crippen LogP contribution in [0.2, 0.25) is 0 Å². The second-order valence-electron chi connectivity index (χ2n) is 8.34. The number of hydrogen-bond donors (Lipinski definition) is 3. The number of nitrogens with one attached hydrogen (secondary N) is 1. The zero-order valence-electron chi connectivity index (χ0n) is 18.4. The molecule has 0 bridgehead atoms. The number of aliphatic hydroxyl groups is 1. The molecular formula is C25H21N5O4S. The number of ether oxygens (including phenoxy) is 1. The van der Waals surface area contributed by atoms with Gasteiger partial charge in [0.05, 0.1) is 34.6 Å². The average Bonchev–Trinajstić information content (AvgIpc) is 3.46. The summed E-state index contributed by atoms with van der Waals surface area (Å²) < 4.78 is 5.89. The van der Waals surface area contributed by atoms with Crippen LogP contribution in [0.25, 0.3) is 10.2 Å². The molecule has 2 aliphatic heterocycles. The molecule has 4 aromatic rings. The molecule has 176 valence electrons. The molecular weight excluding hydrogens is 466 g/mol. The first-order chi connectivity index (χ1) is 17.0. The fourth-order valence-corrected chi connectivity index (χ4v) is 5.65. The lowest BCUT2D eigenvalue weighted by Crippen LogP contribution is -2.53. The van der Waals surface area contributed by atoms with Gasteiger partial charge in [-0.25, -0.2) is 9.78 Å². The minimum Gasteiger partial charge on any atom is -0.457 e. The Bertz CT molecular complexity index is 1440. The van der Waals surface area contributed by atoms with Crippen LogP contribution in [0.5, 0.6) is 11.5 Å². The number of carbonyl (C=O) groups excluding carboxylic acids is 2. The number of hydrogen-bond acceptors (Lipinski definition) is 7. The molecule has 1 fully saturated rings. The van der Waals surface area contributed by atoms with Crippen molar-refractivity contribution in [1.29, 1.82) is 0 Å². The van der Waals surface area contributed by atoms with E-state index in [-0.39, 0.29) is 10.9 Å². The fourth-order valence-electron chi connectivity index (χ4n) is 4.64. The van der Waals surface area contributed by atoms with Crippen molar-refractivity contribution in [2.45, 2.75) is 12.1 Å². The van der Waals surface area contributed by atoms with Crippen molar-refractivity contribution in [3.05, 3.63) is 71.7 Å². The topological polar surface area (TPSA) is 121 Å². The highest BCUT2D eigenvalue weighted by atomic mass is 32.1. The van der Waals surface area contributed by atoms with Crippen molar-refractivity contribution in [3.8, 4) is 11.5 Å². The first-order valence-electron chi connectivity index (χ1n) is 11.1. The van der Waals surface area contributed by atoms with E-state index in [1.807, 2.05) is 30.3 Å². The molecule has 9 nitrogen and oxygen atoms in total. The summed E-state index contributed by atoms with van der Waals surface area (Å²) in [6.07, 6.45) is 0.814. The minimum absolute atomic E-state index is 0.249. The third-order valence-electron chi connectivity index (χ3n) is 6.20. The van der Waals surface area contributed by atoms with Gasteiger partial charge in [0.25, 0.3) is 5.91 Å². The highest BCUT2D eigenvalue weighted by molar-refractivity contribution is 7.21. The number of carbonyl (C=O) groups is 2. The number of rotatable bonds is 5. The molecule has 0 saturated carbocycles. The molecule has 0 radical (unpaired) electrons. The van der Waals surface area contributed by atoms with E-state index in [0.29, 0.717) is 51.9 Å². The highest BCUT2D eigenvalue weighted by Gasteiger charge is 2.44. The van der Waals surface area contributed by atoms with E-state index in [2.05, 4.69) is 10.3 Å². The average molecular weight is 488 g/mol. The van der Waals surface area contributed by atoms with Gasteiger partial charge in [-0.3, -0.25) is 14.6 Å². The zero-order chi connectivity index (χ0) is 24.1. The third kappa shape index (κ3) is 3.50. The van der Waals surface area contributed by atoms with E-state index in [4.69, 9.17) is 10.5 Å². The van der Waals surface area contributed by atoms with Gasteiger partial charge in [0.1, 0.15) is 21.2 Å². The molecule has 0 spiro atoms. The Hall–Kier alpha value is -3.99. The standard InChI is InChI=1S/C25H21N5O4S/c26-23(32)22-21-20-17(10-11-28-24(20)35-22)29(25(33)30(21)18-12-27-13-19(18)31)14-6-8-16(9-7-14)34-15-4-2-1-3-5-15/h1-11,18-19,27,31H,12-13H2,(H2,26,32)/t18-,19-/m0/s1. The first kappa shape index (κ1) is 21.5. The smallest absolute Gasteiger partial charge is 0.334 e. The number of aromatic nitrogens is 1. The summed E-state index contributed by atoms with van der Waals surface area (Å²) in [7, 11) is 0. The van der Waals surface area contributed by atoms with Gasteiger partial charge < -0.3 is 20.9 Å². The molecule has 4 N–H and O–H groups in total. The van der Waals surface area contributed by atoms with Crippen LogP contribution in [0.3, 0.4) is 0 Å². The molecule has 2 atom stereocenters. The molecule has 1 saturated heterocycles. The van der Waals surface area contributed by atoms with E-state index in [9.17, 15) is 14.7 Å². The first-order valence-corrected chi connectivity index (χ1v) is 11.9. The summed E-state index contributed by atoms with van der Waals surface area (Å²) in [6.45, 7) is 0.731. The molecule has 6 rings (SSSR count). The maximum atomic E-state index is 14.0. The Morgan fingerprint density at radius 3 is 2.51 bits per heavy atom. The molecule has 35 heavy (non-hydrogen) atoms. The molecule has 2 aliphatic rings. The van der Waals surface area contributed by atoms with Gasteiger partial charge in [0.2, 0.25) is 0 Å². The van der Waals surface area contributed by atoms with Crippen LogP contribution in [0.1, 0.15) is 9.67 Å². The van der Waals surface area contributed by atoms with Crippen molar-refractivity contribution >= 4 is 50.6 Å². The number of nitrogens with two attached hydrogens (primary N) is 1. The monoisotopic (exact) mass is 487 g/mol. The van der Waals surface area contributed by atoms with Crippen LogP contribution >= 0.6 is 11.3 Å². The van der Waals surface area contributed by atoms with E-state index < -0.39 is 18.1 Å². The SMILES string of the molecule is NC(=O)c1sc2nccc3c2c1N([C@H]1CNC[C@@H]1O)C(=O)N3c1ccc(Oc2ccccc2)cc1. The minimum atomic E-state index is -0.795. The van der Waals surface area contributed by atoms with E-state index in [1.165, 1.54) is 4.90 Å². The van der Waals surface area contributed by atoms with Gasteiger partial charge in [-0.2, -0.15) is 0 Å². The number of pyridine rings is 1. The van der Waals surface area contributed by atoms with Gasteiger partial charge in [-0.1, -0.05) is 18.2 Å². The van der Waals surface area contributed by atoms with Crippen LogP contribution < -0.4 is 25.6 Å². The Kier molecular flexibility index (Phi) is 5.14. The van der Waals surface area contributed by atoms with Crippen LogP contribution in [-0.2, 0) is 0 Å². The summed E-state index contributed by atoms with van der Waals surface area (Å²) in [5.41, 5.74) is 7.33. The maximum absolute atomic E-state index is 14.0. The maximum Gasteiger partial charge on any atom is 0.334 e. The lowest BCUT2D eigenvalue weighted by atomic mass is 10.1. The van der Waals surface area contributed by atoms with Crippen LogP contribution in [0, 0.1) is 0 Å². The molecule has 2 aromatic heterocycles. The number of benzene rings is 2. The van der Waals surface area contributed by atoms with Crippen LogP contribution in [0.4, 0.5) is 21.9 Å². The predicted molar refractivity (Wildman–Crippen MR) is 134 cm³/mol. The van der Waals surface area contributed by atoms with Gasteiger partial charge in [0, 0.05) is 19.3 Å². The zero-order valence-corrected chi connectivity index (χ0v) is 19.2. The van der Waals surface area contributed by atoms with Crippen molar-refractivity contribution in [2.75, 3.05) is 22.9 Å². The number of primary amides is 1. The van der Waals surface area contributed by atoms with Gasteiger partial charge in [-0.05, 0) is 42.5 Å². The molecule has 3 amide bonds. The van der Waals surface area contributed by atoms with E-state index >= 15 is 0 Å². The normalized spacial score (nSPS) is 19.4. The molecule has 0 aliphatic carbocycles. The highest BCUT2D eigenvalue weighted by Crippen LogP contribution is 2.49. The lowest BCUT2D eigenvalue weighted by molar-refractivity contribution is 0.100. The molecule has 0 unspecified atom stereocenters. The number of aliphatic hydroxyl groups excluding tert-OH is 1. The largest absolute Gasteiger partial charge is 0.457 e. The Labute approximate surface area is 204 Å². The Balaban J connectivity index is 1.47. The number of nitrogens with zero attached hydrogens (tertiary/aromatic N) is 3. The summed E-state index contributed by atoms with van der Waals surface area (Å²) in [5, 5.41) is 14.4. The number of thiophene rings is 1. The Morgan fingerprint density at radius 1 is 1.09 bits per heavy atom. The van der Waals surface area contributed by atoms with Crippen molar-refractivity contribution in [3.63, 3.8) is 0 Å². The Morgan fingerprint density at radius 2 is 1.83 bits per heavy atom. The van der Waals surface area contributed by atoms with Crippen molar-refractivity contribution in [1.82, 2.24) is 10.3 Å². The predicted octanol–water partition coefficient (Wildman–Crippen LogP) is 3.60. The molecule has 4 heterocycles. The lowest BCUT2D eigenvalue weighted by Gasteiger charge is -2.39. The van der Waals surface area contributed by atoms with Gasteiger partial charge in [-0.15, -0.1) is 11.3 Å². The van der Waals surface area contributed by atoms with Crippen LogP contribution in [0.15, 0.2) is 66.9 Å². The summed E-state index contributed by atoms with van der Waals surface area (Å²) in [5.74, 6) is 0.702. The van der Waals surface area contributed by atoms with Crippen molar-refractivity contribution in [2.24, 2.45) is 5.73 Å². The summed E-state index contributed by atoms with van der Waals surface area (Å²) in [6, 6.07) is 17.4. The second-order valence-corrected chi connectivity index (χ2v) is 9.34. The van der Waals surface area contributed by atoms with Crippen molar-refractivity contribution < 1.29 is 19.4 Å². The number of amides is 3. The molecule has 2 aromatic carbocycles. The summed E-state index contributed by atoms with van der Waals surface area (Å²) in [4.78, 5) is 34.7. The van der Waals surface area contributed by atoms with E-state index in [1.54, 1.807) is 41.4 Å². The number of urea groups is 1. The second kappa shape index (κ2) is 8.35. The van der Waals surface area contributed by atoms with Crippen LogP contribution in [-0.4, -0.2) is 47.3 Å². The van der Waals surface area contributed by atoms with Gasteiger partial charge >= 0.3 is 6.03 Å². The fraction of sp³-hybridized carbons (Fsp3) is 0.160. The number of β-amino-alcohol motifs (C(OH)–C–C–N with tert-alkyl or cyclic N) is 1. The molecule has 10 heteroatoms. The van der Waals surface area contributed by atoms with Gasteiger partial charge in [0.15, 0.2) is 0 Å². The number of anilines is 3. The van der Waals surface area contributed by atoms with E-state index in [0.717, 1.165) is 11.3 Å². The quantitative estimate of drug-likeness (QED) is 0.396. The summed E-state index contributed by atoms with van der Waals surface area (Å²) >= 11 is 1.15. The third-order valence-corrected chi connectivity index (χ3v) is 7.31. The number of para-hydroxylation sites is 1.